The lowest BCUT2D eigenvalue weighted by atomic mass is 10.1. The molecule has 1 unspecified atom stereocenters. The first-order valence-corrected chi connectivity index (χ1v) is 6.56. The Morgan fingerprint density at radius 2 is 1.89 bits per heavy atom. The first-order valence-electron chi connectivity index (χ1n) is 6.56. The Balaban J connectivity index is 0.00000162. The van der Waals surface area contributed by atoms with E-state index in [1.165, 1.54) is 6.42 Å². The van der Waals surface area contributed by atoms with Gasteiger partial charge >= 0.3 is 0 Å². The fourth-order valence-corrected chi connectivity index (χ4v) is 2.45. The highest BCUT2D eigenvalue weighted by molar-refractivity contribution is 5.87. The van der Waals surface area contributed by atoms with E-state index in [1.807, 2.05) is 4.90 Å². The van der Waals surface area contributed by atoms with Gasteiger partial charge in [0.25, 0.3) is 0 Å². The minimum atomic E-state index is -0.0934. The molecule has 0 spiro atoms. The molecule has 18 heavy (non-hydrogen) atoms. The SMILES string of the molecule is Cl.O=C(NCC(=O)N1CCCCC1)C1CCCN1. The molecule has 0 aromatic heterocycles. The largest absolute Gasteiger partial charge is 0.346 e. The molecule has 1 atom stereocenters. The van der Waals surface area contributed by atoms with Crippen molar-refractivity contribution in [3.05, 3.63) is 0 Å². The molecule has 0 bridgehead atoms. The maximum atomic E-state index is 11.8. The standard InChI is InChI=1S/C12H21N3O2.ClH/c16-11(15-7-2-1-3-8-15)9-14-12(17)10-5-4-6-13-10;/h10,13H,1-9H2,(H,14,17);1H. The van der Waals surface area contributed by atoms with E-state index in [4.69, 9.17) is 0 Å². The number of hydrogen-bond donors (Lipinski definition) is 2. The lowest BCUT2D eigenvalue weighted by Gasteiger charge is -2.26. The summed E-state index contributed by atoms with van der Waals surface area (Å²) in [7, 11) is 0. The summed E-state index contributed by atoms with van der Waals surface area (Å²) in [4.78, 5) is 25.3. The zero-order valence-corrected chi connectivity index (χ0v) is 11.4. The molecule has 2 fully saturated rings. The van der Waals surface area contributed by atoms with Crippen LogP contribution < -0.4 is 10.6 Å². The van der Waals surface area contributed by atoms with Crippen LogP contribution >= 0.6 is 12.4 Å². The summed E-state index contributed by atoms with van der Waals surface area (Å²) in [5, 5.41) is 5.85. The molecule has 0 saturated carbocycles. The number of carbonyl (C=O) groups is 2. The Kier molecular flexibility index (Phi) is 6.43. The molecule has 2 amide bonds. The van der Waals surface area contributed by atoms with Gasteiger partial charge in [0.05, 0.1) is 12.6 Å². The second-order valence-corrected chi connectivity index (χ2v) is 4.81. The van der Waals surface area contributed by atoms with Crippen molar-refractivity contribution in [2.24, 2.45) is 0 Å². The van der Waals surface area contributed by atoms with Crippen molar-refractivity contribution < 1.29 is 9.59 Å². The molecule has 0 aliphatic carbocycles. The maximum Gasteiger partial charge on any atom is 0.241 e. The average molecular weight is 276 g/mol. The molecule has 2 aliphatic rings. The first-order chi connectivity index (χ1) is 8.27. The third kappa shape index (κ3) is 4.14. The summed E-state index contributed by atoms with van der Waals surface area (Å²) in [6.45, 7) is 2.74. The minimum absolute atomic E-state index is 0. The normalized spacial score (nSPS) is 23.3. The van der Waals surface area contributed by atoms with Gasteiger partial charge in [0, 0.05) is 13.1 Å². The number of amides is 2. The predicted octanol–water partition coefficient (Wildman–Crippen LogP) is 0.289. The summed E-state index contributed by atoms with van der Waals surface area (Å²) in [6.07, 6.45) is 5.30. The second-order valence-electron chi connectivity index (χ2n) is 4.81. The first kappa shape index (κ1) is 15.2. The van der Waals surface area contributed by atoms with Gasteiger partial charge in [-0.25, -0.2) is 0 Å². The number of piperidine rings is 1. The number of hydrogen-bond acceptors (Lipinski definition) is 3. The van der Waals surface area contributed by atoms with Crippen LogP contribution in [0.15, 0.2) is 0 Å². The Morgan fingerprint density at radius 3 is 2.50 bits per heavy atom. The summed E-state index contributed by atoms with van der Waals surface area (Å²) in [6, 6.07) is -0.0934. The van der Waals surface area contributed by atoms with E-state index >= 15 is 0 Å². The van der Waals surface area contributed by atoms with Crippen molar-refractivity contribution in [2.75, 3.05) is 26.2 Å². The van der Waals surface area contributed by atoms with Crippen LogP contribution in [0.4, 0.5) is 0 Å². The number of nitrogens with one attached hydrogen (secondary N) is 2. The molecular formula is C12H22ClN3O2. The van der Waals surface area contributed by atoms with Crippen LogP contribution in [0.1, 0.15) is 32.1 Å². The Labute approximate surface area is 114 Å². The molecule has 0 aromatic rings. The van der Waals surface area contributed by atoms with E-state index in [0.717, 1.165) is 45.3 Å². The van der Waals surface area contributed by atoms with Crippen molar-refractivity contribution in [3.63, 3.8) is 0 Å². The van der Waals surface area contributed by atoms with Gasteiger partial charge in [0.1, 0.15) is 0 Å². The van der Waals surface area contributed by atoms with Gasteiger partial charge in [0.2, 0.25) is 11.8 Å². The van der Waals surface area contributed by atoms with Gasteiger partial charge in [0.15, 0.2) is 0 Å². The monoisotopic (exact) mass is 275 g/mol. The topological polar surface area (TPSA) is 61.4 Å². The molecule has 6 heteroatoms. The molecule has 104 valence electrons. The minimum Gasteiger partial charge on any atom is -0.346 e. The van der Waals surface area contributed by atoms with E-state index in [1.54, 1.807) is 0 Å². The van der Waals surface area contributed by atoms with E-state index in [-0.39, 0.29) is 36.8 Å². The fraction of sp³-hybridized carbons (Fsp3) is 0.833. The van der Waals surface area contributed by atoms with Crippen LogP contribution in [0.5, 0.6) is 0 Å². The van der Waals surface area contributed by atoms with Gasteiger partial charge in [-0.2, -0.15) is 0 Å². The maximum absolute atomic E-state index is 11.8. The van der Waals surface area contributed by atoms with E-state index < -0.39 is 0 Å². The summed E-state index contributed by atoms with van der Waals surface area (Å²) in [5.41, 5.74) is 0. The molecule has 0 radical (unpaired) electrons. The molecule has 5 nitrogen and oxygen atoms in total. The third-order valence-electron chi connectivity index (χ3n) is 3.50. The van der Waals surface area contributed by atoms with Crippen molar-refractivity contribution in [1.82, 2.24) is 15.5 Å². The second kappa shape index (κ2) is 7.59. The van der Waals surface area contributed by atoms with Crippen LogP contribution in [-0.2, 0) is 9.59 Å². The van der Waals surface area contributed by atoms with Crippen LogP contribution in [0.3, 0.4) is 0 Å². The van der Waals surface area contributed by atoms with Crippen molar-refractivity contribution in [2.45, 2.75) is 38.1 Å². The van der Waals surface area contributed by atoms with Crippen LogP contribution in [0.25, 0.3) is 0 Å². The average Bonchev–Trinajstić information content (AvgIpc) is 2.90. The molecule has 2 heterocycles. The number of carbonyl (C=O) groups excluding carboxylic acids is 2. The summed E-state index contributed by atoms with van der Waals surface area (Å²) in [5.74, 6) is 0.0175. The number of likely N-dealkylation sites (tertiary alicyclic amines) is 1. The van der Waals surface area contributed by atoms with Crippen molar-refractivity contribution >= 4 is 24.2 Å². The fourth-order valence-electron chi connectivity index (χ4n) is 2.45. The van der Waals surface area contributed by atoms with E-state index in [0.29, 0.717) is 0 Å². The van der Waals surface area contributed by atoms with Crippen LogP contribution in [-0.4, -0.2) is 48.9 Å². The van der Waals surface area contributed by atoms with Crippen molar-refractivity contribution in [3.8, 4) is 0 Å². The van der Waals surface area contributed by atoms with Crippen LogP contribution in [0, 0.1) is 0 Å². The third-order valence-corrected chi connectivity index (χ3v) is 3.50. The molecule has 0 aromatic carbocycles. The van der Waals surface area contributed by atoms with Crippen molar-refractivity contribution in [1.29, 1.82) is 0 Å². The highest BCUT2D eigenvalue weighted by Gasteiger charge is 2.23. The zero-order valence-electron chi connectivity index (χ0n) is 10.6. The quantitative estimate of drug-likeness (QED) is 0.778. The van der Waals surface area contributed by atoms with E-state index in [9.17, 15) is 9.59 Å². The summed E-state index contributed by atoms with van der Waals surface area (Å²) < 4.78 is 0. The Hall–Kier alpha value is -0.810. The van der Waals surface area contributed by atoms with Gasteiger partial charge < -0.3 is 15.5 Å². The smallest absolute Gasteiger partial charge is 0.241 e. The molecule has 2 rings (SSSR count). The Morgan fingerprint density at radius 1 is 1.17 bits per heavy atom. The number of halogens is 1. The highest BCUT2D eigenvalue weighted by atomic mass is 35.5. The molecule has 2 saturated heterocycles. The van der Waals surface area contributed by atoms with Gasteiger partial charge in [-0.15, -0.1) is 12.4 Å². The molecule has 2 aliphatic heterocycles. The lowest BCUT2D eigenvalue weighted by molar-refractivity contribution is -0.133. The predicted molar refractivity (Wildman–Crippen MR) is 71.7 cm³/mol. The zero-order chi connectivity index (χ0) is 12.1. The molecular weight excluding hydrogens is 254 g/mol. The van der Waals surface area contributed by atoms with Gasteiger partial charge in [-0.05, 0) is 38.6 Å². The molecule has 2 N–H and O–H groups in total. The lowest BCUT2D eigenvalue weighted by Crippen LogP contribution is -2.46. The van der Waals surface area contributed by atoms with Gasteiger partial charge in [-0.3, -0.25) is 9.59 Å². The van der Waals surface area contributed by atoms with Gasteiger partial charge in [-0.1, -0.05) is 0 Å². The Bertz CT molecular complexity index is 287. The van der Waals surface area contributed by atoms with Crippen LogP contribution in [0.2, 0.25) is 0 Å². The highest BCUT2D eigenvalue weighted by Crippen LogP contribution is 2.08. The number of rotatable bonds is 3. The van der Waals surface area contributed by atoms with E-state index in [2.05, 4.69) is 10.6 Å². The summed E-state index contributed by atoms with van der Waals surface area (Å²) >= 11 is 0. The number of nitrogens with zero attached hydrogens (tertiary/aromatic N) is 1.